The highest BCUT2D eigenvalue weighted by Crippen LogP contribution is 2.24. The van der Waals surface area contributed by atoms with Crippen molar-refractivity contribution in [2.45, 2.75) is 84.4 Å². The molecule has 0 aromatic heterocycles. The van der Waals surface area contributed by atoms with Gasteiger partial charge in [0.2, 0.25) is 0 Å². The van der Waals surface area contributed by atoms with Gasteiger partial charge in [-0.3, -0.25) is 0 Å². The van der Waals surface area contributed by atoms with Gasteiger partial charge in [0.15, 0.2) is 0 Å². The number of nitrogens with one attached hydrogen (secondary N) is 2. The highest BCUT2D eigenvalue weighted by atomic mass is 16.6. The van der Waals surface area contributed by atoms with Gasteiger partial charge in [-0.2, -0.15) is 0 Å². The van der Waals surface area contributed by atoms with Crippen LogP contribution >= 0.6 is 0 Å². The molecule has 0 heterocycles. The Balaban J connectivity index is 2.38. The Kier molecular flexibility index (Phi) is 5.87. The van der Waals surface area contributed by atoms with Crippen LogP contribution in [0.1, 0.15) is 67.2 Å². The summed E-state index contributed by atoms with van der Waals surface area (Å²) in [6.07, 6.45) is 4.85. The Morgan fingerprint density at radius 2 is 1.75 bits per heavy atom. The number of carbonyl (C=O) groups is 1. The van der Waals surface area contributed by atoms with E-state index < -0.39 is 5.60 Å². The number of ether oxygens (including phenoxy) is 1. The molecule has 1 fully saturated rings. The van der Waals surface area contributed by atoms with Gasteiger partial charge >= 0.3 is 6.09 Å². The molecule has 0 aromatic rings. The third-order valence-electron chi connectivity index (χ3n) is 3.76. The average Bonchev–Trinajstić information content (AvgIpc) is 2.24. The lowest BCUT2D eigenvalue weighted by Gasteiger charge is -2.34. The van der Waals surface area contributed by atoms with E-state index in [9.17, 15) is 4.79 Å². The molecule has 1 amide bonds. The third-order valence-corrected chi connectivity index (χ3v) is 3.76. The summed E-state index contributed by atoms with van der Waals surface area (Å²) in [5, 5.41) is 6.55. The Bertz CT molecular complexity index is 321. The zero-order valence-corrected chi connectivity index (χ0v) is 14.0. The van der Waals surface area contributed by atoms with Crippen LogP contribution in [0.15, 0.2) is 0 Å². The van der Waals surface area contributed by atoms with Crippen LogP contribution in [0.4, 0.5) is 4.79 Å². The molecular formula is C16H32N2O2. The lowest BCUT2D eigenvalue weighted by atomic mass is 9.85. The van der Waals surface area contributed by atoms with Crippen molar-refractivity contribution < 1.29 is 9.53 Å². The van der Waals surface area contributed by atoms with E-state index in [-0.39, 0.29) is 11.6 Å². The van der Waals surface area contributed by atoms with Gasteiger partial charge in [-0.05, 0) is 53.4 Å². The second-order valence-corrected chi connectivity index (χ2v) is 7.76. The van der Waals surface area contributed by atoms with E-state index in [1.807, 2.05) is 34.6 Å². The highest BCUT2D eigenvalue weighted by Gasteiger charge is 2.27. The topological polar surface area (TPSA) is 50.4 Å². The first-order chi connectivity index (χ1) is 9.09. The molecule has 1 aliphatic rings. The number of rotatable bonds is 4. The number of hydrogen-bond donors (Lipinski definition) is 2. The normalized spacial score (nSPS) is 24.3. The highest BCUT2D eigenvalue weighted by molar-refractivity contribution is 5.68. The zero-order chi connectivity index (χ0) is 15.4. The molecule has 20 heavy (non-hydrogen) atoms. The lowest BCUT2D eigenvalue weighted by Crippen LogP contribution is -2.54. The van der Waals surface area contributed by atoms with Gasteiger partial charge in [0, 0.05) is 12.6 Å². The standard InChI is InChI=1S/C16H32N2O2/c1-12-9-7-8-10-13(12)17-11-16(5,6)18-14(19)20-15(2,3)4/h12-13,17H,7-11H2,1-6H3,(H,18,19). The van der Waals surface area contributed by atoms with Gasteiger partial charge in [-0.1, -0.05) is 19.8 Å². The van der Waals surface area contributed by atoms with Crippen molar-refractivity contribution in [2.75, 3.05) is 6.54 Å². The fourth-order valence-corrected chi connectivity index (χ4v) is 2.63. The second kappa shape index (κ2) is 6.79. The predicted octanol–water partition coefficient (Wildman–Crippen LogP) is 3.46. The molecule has 4 nitrogen and oxygen atoms in total. The molecular weight excluding hydrogens is 252 g/mol. The Hall–Kier alpha value is -0.770. The molecule has 118 valence electrons. The van der Waals surface area contributed by atoms with E-state index >= 15 is 0 Å². The SMILES string of the molecule is CC1CCCCC1NCC(C)(C)NC(=O)OC(C)(C)C. The third kappa shape index (κ3) is 6.60. The first-order valence-electron chi connectivity index (χ1n) is 7.84. The summed E-state index contributed by atoms with van der Waals surface area (Å²) in [5.41, 5.74) is -0.759. The monoisotopic (exact) mass is 284 g/mol. The summed E-state index contributed by atoms with van der Waals surface area (Å²) in [5.74, 6) is 0.723. The molecule has 0 spiro atoms. The molecule has 2 atom stereocenters. The summed E-state index contributed by atoms with van der Waals surface area (Å²) in [7, 11) is 0. The minimum Gasteiger partial charge on any atom is -0.444 e. The van der Waals surface area contributed by atoms with Crippen LogP contribution in [0.2, 0.25) is 0 Å². The van der Waals surface area contributed by atoms with Crippen molar-refractivity contribution in [3.63, 3.8) is 0 Å². The van der Waals surface area contributed by atoms with E-state index in [2.05, 4.69) is 17.6 Å². The molecule has 4 heteroatoms. The fourth-order valence-electron chi connectivity index (χ4n) is 2.63. The van der Waals surface area contributed by atoms with Crippen LogP contribution in [-0.2, 0) is 4.74 Å². The molecule has 1 rings (SSSR count). The summed E-state index contributed by atoms with van der Waals surface area (Å²) in [6.45, 7) is 12.8. The molecule has 0 aromatic carbocycles. The Morgan fingerprint density at radius 1 is 1.15 bits per heavy atom. The molecule has 0 saturated heterocycles. The van der Waals surface area contributed by atoms with Gasteiger partial charge in [0.1, 0.15) is 5.60 Å². The first-order valence-corrected chi connectivity index (χ1v) is 7.84. The molecule has 0 bridgehead atoms. The van der Waals surface area contributed by atoms with Crippen LogP contribution in [0.3, 0.4) is 0 Å². The van der Waals surface area contributed by atoms with Crippen molar-refractivity contribution in [1.82, 2.24) is 10.6 Å². The lowest BCUT2D eigenvalue weighted by molar-refractivity contribution is 0.0469. The van der Waals surface area contributed by atoms with Crippen molar-refractivity contribution in [3.05, 3.63) is 0 Å². The van der Waals surface area contributed by atoms with Gasteiger partial charge in [-0.15, -0.1) is 0 Å². The number of amides is 1. The van der Waals surface area contributed by atoms with Crippen LogP contribution < -0.4 is 10.6 Å². The van der Waals surface area contributed by atoms with E-state index in [0.29, 0.717) is 6.04 Å². The maximum atomic E-state index is 11.8. The molecule has 0 radical (unpaired) electrons. The van der Waals surface area contributed by atoms with Gasteiger partial charge in [0.05, 0.1) is 5.54 Å². The fraction of sp³-hybridized carbons (Fsp3) is 0.938. The molecule has 1 aliphatic carbocycles. The number of carbonyl (C=O) groups excluding carboxylic acids is 1. The van der Waals surface area contributed by atoms with E-state index in [1.165, 1.54) is 25.7 Å². The van der Waals surface area contributed by atoms with Gasteiger partial charge < -0.3 is 15.4 Å². The van der Waals surface area contributed by atoms with Crippen molar-refractivity contribution in [1.29, 1.82) is 0 Å². The van der Waals surface area contributed by atoms with E-state index in [1.54, 1.807) is 0 Å². The first kappa shape index (κ1) is 17.3. The minimum absolute atomic E-state index is 0.306. The van der Waals surface area contributed by atoms with E-state index in [4.69, 9.17) is 4.74 Å². The summed E-state index contributed by atoms with van der Waals surface area (Å²) in [4.78, 5) is 11.8. The Morgan fingerprint density at radius 3 is 2.30 bits per heavy atom. The average molecular weight is 284 g/mol. The molecule has 2 N–H and O–H groups in total. The number of hydrogen-bond acceptors (Lipinski definition) is 3. The van der Waals surface area contributed by atoms with Gasteiger partial charge in [0.25, 0.3) is 0 Å². The van der Waals surface area contributed by atoms with Crippen molar-refractivity contribution >= 4 is 6.09 Å². The maximum absolute atomic E-state index is 11.8. The summed E-state index contributed by atoms with van der Waals surface area (Å²) in [6, 6.07) is 0.573. The number of alkyl carbamates (subject to hydrolysis) is 1. The maximum Gasteiger partial charge on any atom is 0.408 e. The Labute approximate surface area is 124 Å². The smallest absolute Gasteiger partial charge is 0.408 e. The predicted molar refractivity (Wildman–Crippen MR) is 82.9 cm³/mol. The quantitative estimate of drug-likeness (QED) is 0.831. The summed E-state index contributed by atoms with van der Waals surface area (Å²) < 4.78 is 5.31. The minimum atomic E-state index is -0.453. The molecule has 1 saturated carbocycles. The summed E-state index contributed by atoms with van der Waals surface area (Å²) >= 11 is 0. The van der Waals surface area contributed by atoms with Crippen LogP contribution in [0, 0.1) is 5.92 Å². The molecule has 0 aliphatic heterocycles. The van der Waals surface area contributed by atoms with Crippen molar-refractivity contribution in [3.8, 4) is 0 Å². The molecule has 2 unspecified atom stereocenters. The van der Waals surface area contributed by atoms with Gasteiger partial charge in [-0.25, -0.2) is 4.79 Å². The zero-order valence-electron chi connectivity index (χ0n) is 14.0. The van der Waals surface area contributed by atoms with Crippen LogP contribution in [0.25, 0.3) is 0 Å². The van der Waals surface area contributed by atoms with Crippen molar-refractivity contribution in [2.24, 2.45) is 5.92 Å². The van der Waals surface area contributed by atoms with Crippen LogP contribution in [-0.4, -0.2) is 29.8 Å². The second-order valence-electron chi connectivity index (χ2n) is 7.76. The van der Waals surface area contributed by atoms with Crippen LogP contribution in [0.5, 0.6) is 0 Å². The largest absolute Gasteiger partial charge is 0.444 e. The van der Waals surface area contributed by atoms with E-state index in [0.717, 1.165) is 12.5 Å².